The van der Waals surface area contributed by atoms with Crippen molar-refractivity contribution < 1.29 is 13.9 Å². The number of hydrogen-bond acceptors (Lipinski definition) is 2. The van der Waals surface area contributed by atoms with Crippen LogP contribution in [0.1, 0.15) is 16.8 Å². The fraction of sp³-hybridized carbons (Fsp3) is 0.417. The fourth-order valence-corrected chi connectivity index (χ4v) is 2.30. The van der Waals surface area contributed by atoms with Crippen LogP contribution in [0.4, 0.5) is 4.39 Å². The Bertz CT molecular complexity index is 439. The summed E-state index contributed by atoms with van der Waals surface area (Å²) in [4.78, 5) is 13.7. The van der Waals surface area contributed by atoms with Gasteiger partial charge in [-0.2, -0.15) is 0 Å². The SMILES string of the molecule is COC1CCN(C(=O)c2cc(Br)ccc2F)C1. The second-order valence-electron chi connectivity index (χ2n) is 4.02. The van der Waals surface area contributed by atoms with Crippen molar-refractivity contribution >= 4 is 21.8 Å². The molecule has 5 heteroatoms. The van der Waals surface area contributed by atoms with Gasteiger partial charge in [0, 0.05) is 24.7 Å². The number of hydrogen-bond donors (Lipinski definition) is 0. The standard InChI is InChI=1S/C12H13BrFNO2/c1-17-9-4-5-15(7-9)12(16)10-6-8(13)2-3-11(10)14/h2-3,6,9H,4-5,7H2,1H3. The van der Waals surface area contributed by atoms with Gasteiger partial charge in [0.15, 0.2) is 0 Å². The van der Waals surface area contributed by atoms with Crippen LogP contribution in [-0.2, 0) is 4.74 Å². The van der Waals surface area contributed by atoms with Gasteiger partial charge in [-0.15, -0.1) is 0 Å². The lowest BCUT2D eigenvalue weighted by Gasteiger charge is -2.16. The fourth-order valence-electron chi connectivity index (χ4n) is 1.94. The smallest absolute Gasteiger partial charge is 0.256 e. The first-order valence-corrected chi connectivity index (χ1v) is 6.18. The molecule has 3 nitrogen and oxygen atoms in total. The van der Waals surface area contributed by atoms with Gasteiger partial charge in [-0.3, -0.25) is 4.79 Å². The van der Waals surface area contributed by atoms with Gasteiger partial charge in [-0.25, -0.2) is 4.39 Å². The molecule has 0 saturated carbocycles. The van der Waals surface area contributed by atoms with Crippen LogP contribution in [-0.4, -0.2) is 37.1 Å². The Morgan fingerprint density at radius 3 is 3.00 bits per heavy atom. The summed E-state index contributed by atoms with van der Waals surface area (Å²) in [5.41, 5.74) is 0.108. The number of carbonyl (C=O) groups is 1. The zero-order valence-electron chi connectivity index (χ0n) is 9.45. The maximum absolute atomic E-state index is 13.6. The van der Waals surface area contributed by atoms with Gasteiger partial charge in [0.05, 0.1) is 11.7 Å². The molecule has 1 aliphatic rings. The van der Waals surface area contributed by atoms with E-state index >= 15 is 0 Å². The summed E-state index contributed by atoms with van der Waals surface area (Å²) < 4.78 is 19.4. The molecule has 1 aromatic carbocycles. The number of methoxy groups -OCH3 is 1. The van der Waals surface area contributed by atoms with Crippen LogP contribution in [0.5, 0.6) is 0 Å². The molecule has 2 rings (SSSR count). The molecule has 1 atom stereocenters. The van der Waals surface area contributed by atoms with Crippen LogP contribution in [0.15, 0.2) is 22.7 Å². The van der Waals surface area contributed by atoms with E-state index in [1.54, 1.807) is 18.1 Å². The third-order valence-electron chi connectivity index (χ3n) is 2.92. The highest BCUT2D eigenvalue weighted by Crippen LogP contribution is 2.20. The second-order valence-corrected chi connectivity index (χ2v) is 4.94. The van der Waals surface area contributed by atoms with Crippen molar-refractivity contribution in [3.8, 4) is 0 Å². The zero-order chi connectivity index (χ0) is 12.4. The van der Waals surface area contributed by atoms with E-state index in [1.165, 1.54) is 12.1 Å². The van der Waals surface area contributed by atoms with Crippen LogP contribution in [0.3, 0.4) is 0 Å². The number of halogens is 2. The normalized spacial score (nSPS) is 19.7. The van der Waals surface area contributed by atoms with Crippen molar-refractivity contribution in [2.24, 2.45) is 0 Å². The van der Waals surface area contributed by atoms with Crippen LogP contribution in [0.2, 0.25) is 0 Å². The van der Waals surface area contributed by atoms with Crippen molar-refractivity contribution in [3.63, 3.8) is 0 Å². The summed E-state index contributed by atoms with van der Waals surface area (Å²) in [5, 5.41) is 0. The molecule has 1 amide bonds. The minimum Gasteiger partial charge on any atom is -0.380 e. The van der Waals surface area contributed by atoms with E-state index in [0.29, 0.717) is 17.6 Å². The number of ether oxygens (including phenoxy) is 1. The molecule has 0 aromatic heterocycles. The number of amides is 1. The highest BCUT2D eigenvalue weighted by Gasteiger charge is 2.28. The summed E-state index contributed by atoms with van der Waals surface area (Å²) in [6.45, 7) is 1.14. The van der Waals surface area contributed by atoms with Crippen LogP contribution in [0, 0.1) is 5.82 Å². The summed E-state index contributed by atoms with van der Waals surface area (Å²) >= 11 is 3.24. The van der Waals surface area contributed by atoms with Gasteiger partial charge in [-0.1, -0.05) is 15.9 Å². The molecule has 0 aliphatic carbocycles. The number of nitrogens with zero attached hydrogens (tertiary/aromatic N) is 1. The molecule has 1 aromatic rings. The first-order valence-electron chi connectivity index (χ1n) is 5.39. The zero-order valence-corrected chi connectivity index (χ0v) is 11.0. The predicted molar refractivity (Wildman–Crippen MR) is 65.4 cm³/mol. The van der Waals surface area contributed by atoms with E-state index in [1.807, 2.05) is 0 Å². The summed E-state index contributed by atoms with van der Waals surface area (Å²) in [5.74, 6) is -0.762. The maximum atomic E-state index is 13.6. The average molecular weight is 302 g/mol. The molecule has 1 unspecified atom stereocenters. The van der Waals surface area contributed by atoms with Gasteiger partial charge < -0.3 is 9.64 Å². The summed E-state index contributed by atoms with van der Waals surface area (Å²) in [7, 11) is 1.62. The van der Waals surface area contributed by atoms with Crippen LogP contribution in [0.25, 0.3) is 0 Å². The summed E-state index contributed by atoms with van der Waals surface area (Å²) in [6, 6.07) is 4.38. The van der Waals surface area contributed by atoms with Gasteiger partial charge in [0.25, 0.3) is 5.91 Å². The number of carbonyl (C=O) groups excluding carboxylic acids is 1. The van der Waals surface area contributed by atoms with E-state index in [9.17, 15) is 9.18 Å². The Labute approximate surface area is 108 Å². The van der Waals surface area contributed by atoms with Gasteiger partial charge in [0.1, 0.15) is 5.82 Å². The Morgan fingerprint density at radius 1 is 1.59 bits per heavy atom. The Hall–Kier alpha value is -0.940. The second kappa shape index (κ2) is 5.14. The molecule has 92 valence electrons. The molecule has 0 bridgehead atoms. The van der Waals surface area contributed by atoms with E-state index in [-0.39, 0.29) is 17.6 Å². The first-order chi connectivity index (χ1) is 8.11. The number of likely N-dealkylation sites (tertiary alicyclic amines) is 1. The molecular formula is C12H13BrFNO2. The lowest BCUT2D eigenvalue weighted by molar-refractivity contribution is 0.0720. The van der Waals surface area contributed by atoms with E-state index < -0.39 is 5.82 Å². The predicted octanol–water partition coefficient (Wildman–Crippen LogP) is 2.45. The average Bonchev–Trinajstić information content (AvgIpc) is 2.80. The maximum Gasteiger partial charge on any atom is 0.256 e. The largest absolute Gasteiger partial charge is 0.380 e. The molecule has 1 aliphatic heterocycles. The van der Waals surface area contributed by atoms with Gasteiger partial charge in [-0.05, 0) is 24.6 Å². The molecule has 1 heterocycles. The van der Waals surface area contributed by atoms with Crippen molar-refractivity contribution in [3.05, 3.63) is 34.1 Å². The van der Waals surface area contributed by atoms with Gasteiger partial charge in [0.2, 0.25) is 0 Å². The molecule has 0 radical (unpaired) electrons. The minimum atomic E-state index is -0.487. The Kier molecular flexibility index (Phi) is 3.79. The van der Waals surface area contributed by atoms with Crippen molar-refractivity contribution in [1.29, 1.82) is 0 Å². The van der Waals surface area contributed by atoms with E-state index in [0.717, 1.165) is 6.42 Å². The monoisotopic (exact) mass is 301 g/mol. The molecule has 17 heavy (non-hydrogen) atoms. The van der Waals surface area contributed by atoms with Crippen LogP contribution >= 0.6 is 15.9 Å². The van der Waals surface area contributed by atoms with Gasteiger partial charge >= 0.3 is 0 Å². The number of benzene rings is 1. The van der Waals surface area contributed by atoms with Crippen molar-refractivity contribution in [1.82, 2.24) is 4.90 Å². The molecular weight excluding hydrogens is 289 g/mol. The third kappa shape index (κ3) is 2.66. The van der Waals surface area contributed by atoms with Crippen molar-refractivity contribution in [2.45, 2.75) is 12.5 Å². The quantitative estimate of drug-likeness (QED) is 0.840. The lowest BCUT2D eigenvalue weighted by atomic mass is 10.2. The van der Waals surface area contributed by atoms with Crippen LogP contribution < -0.4 is 0 Å². The highest BCUT2D eigenvalue weighted by atomic mass is 79.9. The first kappa shape index (κ1) is 12.5. The third-order valence-corrected chi connectivity index (χ3v) is 3.42. The van der Waals surface area contributed by atoms with Crippen molar-refractivity contribution in [2.75, 3.05) is 20.2 Å². The van der Waals surface area contributed by atoms with E-state index in [4.69, 9.17) is 4.74 Å². The summed E-state index contributed by atoms with van der Waals surface area (Å²) in [6.07, 6.45) is 0.867. The number of rotatable bonds is 2. The molecule has 1 saturated heterocycles. The minimum absolute atomic E-state index is 0.0640. The molecule has 0 spiro atoms. The van der Waals surface area contributed by atoms with E-state index in [2.05, 4.69) is 15.9 Å². The molecule has 0 N–H and O–H groups in total. The Morgan fingerprint density at radius 2 is 2.35 bits per heavy atom. The molecule has 1 fully saturated rings. The highest BCUT2D eigenvalue weighted by molar-refractivity contribution is 9.10. The Balaban J connectivity index is 2.17. The lowest BCUT2D eigenvalue weighted by Crippen LogP contribution is -2.30. The topological polar surface area (TPSA) is 29.5 Å².